The van der Waals surface area contributed by atoms with Crippen molar-refractivity contribution in [1.29, 1.82) is 0 Å². The Morgan fingerprint density at radius 3 is 2.61 bits per heavy atom. The molecular weight excluding hydrogens is 230 g/mol. The minimum atomic E-state index is -0.495. The monoisotopic (exact) mass is 255 g/mol. The standard InChI is InChI=1S/C13H25N3O2/c1-13(2,16-7-5-14-6-8-16)12(18)15-9-11(17)10-3-4-10/h10-11,14,17H,3-9H2,1-2H3,(H,15,18). The number of rotatable bonds is 5. The van der Waals surface area contributed by atoms with Gasteiger partial charge in [0, 0.05) is 32.7 Å². The first-order valence-corrected chi connectivity index (χ1v) is 6.94. The minimum Gasteiger partial charge on any atom is -0.391 e. The molecule has 0 aromatic heterocycles. The van der Waals surface area contributed by atoms with E-state index in [0.29, 0.717) is 12.5 Å². The lowest BCUT2D eigenvalue weighted by Gasteiger charge is -2.39. The lowest BCUT2D eigenvalue weighted by atomic mass is 10.0. The minimum absolute atomic E-state index is 0.0177. The second-order valence-corrected chi connectivity index (χ2v) is 5.91. The Morgan fingerprint density at radius 2 is 2.06 bits per heavy atom. The summed E-state index contributed by atoms with van der Waals surface area (Å²) in [7, 11) is 0. The van der Waals surface area contributed by atoms with Crippen molar-refractivity contribution in [2.75, 3.05) is 32.7 Å². The third-order valence-corrected chi connectivity index (χ3v) is 4.10. The van der Waals surface area contributed by atoms with E-state index in [1.807, 2.05) is 13.8 Å². The molecule has 1 saturated heterocycles. The molecule has 3 N–H and O–H groups in total. The number of carbonyl (C=O) groups is 1. The van der Waals surface area contributed by atoms with Crippen LogP contribution in [0.5, 0.6) is 0 Å². The molecule has 1 unspecified atom stereocenters. The van der Waals surface area contributed by atoms with E-state index in [4.69, 9.17) is 0 Å². The first-order valence-electron chi connectivity index (χ1n) is 6.94. The Morgan fingerprint density at radius 1 is 1.44 bits per heavy atom. The maximum absolute atomic E-state index is 12.2. The molecule has 2 aliphatic rings. The molecule has 0 spiro atoms. The molecule has 0 radical (unpaired) electrons. The number of nitrogens with one attached hydrogen (secondary N) is 2. The van der Waals surface area contributed by atoms with Crippen molar-refractivity contribution in [3.8, 4) is 0 Å². The van der Waals surface area contributed by atoms with Crippen molar-refractivity contribution < 1.29 is 9.90 Å². The number of aliphatic hydroxyl groups is 1. The van der Waals surface area contributed by atoms with Crippen LogP contribution in [0.2, 0.25) is 0 Å². The maximum Gasteiger partial charge on any atom is 0.240 e. The lowest BCUT2D eigenvalue weighted by molar-refractivity contribution is -0.132. The van der Waals surface area contributed by atoms with Gasteiger partial charge in [0.25, 0.3) is 0 Å². The predicted molar refractivity (Wildman–Crippen MR) is 70.3 cm³/mol. The van der Waals surface area contributed by atoms with Crippen LogP contribution >= 0.6 is 0 Å². The van der Waals surface area contributed by atoms with Gasteiger partial charge in [0.2, 0.25) is 5.91 Å². The highest BCUT2D eigenvalue weighted by atomic mass is 16.3. The summed E-state index contributed by atoms with van der Waals surface area (Å²) in [6, 6.07) is 0. The Bertz CT molecular complexity index is 297. The number of nitrogens with zero attached hydrogens (tertiary/aromatic N) is 1. The summed E-state index contributed by atoms with van der Waals surface area (Å²) in [5, 5.41) is 16.0. The molecule has 1 saturated carbocycles. The van der Waals surface area contributed by atoms with Gasteiger partial charge in [-0.15, -0.1) is 0 Å². The second kappa shape index (κ2) is 5.55. The quantitative estimate of drug-likeness (QED) is 0.623. The van der Waals surface area contributed by atoms with E-state index in [1.165, 1.54) is 0 Å². The van der Waals surface area contributed by atoms with Crippen molar-refractivity contribution in [2.24, 2.45) is 5.92 Å². The normalized spacial score (nSPS) is 23.7. The highest BCUT2D eigenvalue weighted by Crippen LogP contribution is 2.32. The third-order valence-electron chi connectivity index (χ3n) is 4.10. The molecule has 1 atom stereocenters. The summed E-state index contributed by atoms with van der Waals surface area (Å²) in [4.78, 5) is 14.4. The van der Waals surface area contributed by atoms with E-state index < -0.39 is 5.54 Å². The third kappa shape index (κ3) is 3.22. The molecule has 0 aromatic rings. The zero-order valence-electron chi connectivity index (χ0n) is 11.4. The second-order valence-electron chi connectivity index (χ2n) is 5.91. The predicted octanol–water partition coefficient (Wildman–Crippen LogP) is -0.443. The molecule has 1 amide bonds. The van der Waals surface area contributed by atoms with Crippen LogP contribution in [0.4, 0.5) is 0 Å². The van der Waals surface area contributed by atoms with Crippen LogP contribution in [-0.4, -0.2) is 60.3 Å². The Balaban J connectivity index is 1.81. The zero-order chi connectivity index (χ0) is 13.2. The summed E-state index contributed by atoms with van der Waals surface area (Å²) in [6.07, 6.45) is 1.82. The van der Waals surface area contributed by atoms with Crippen molar-refractivity contribution in [3.05, 3.63) is 0 Å². The fourth-order valence-electron chi connectivity index (χ4n) is 2.43. The molecule has 2 fully saturated rings. The topological polar surface area (TPSA) is 64.6 Å². The number of piperazine rings is 1. The molecule has 18 heavy (non-hydrogen) atoms. The van der Waals surface area contributed by atoms with Crippen LogP contribution in [0.15, 0.2) is 0 Å². The highest BCUT2D eigenvalue weighted by Gasteiger charge is 2.36. The maximum atomic E-state index is 12.2. The van der Waals surface area contributed by atoms with Crippen molar-refractivity contribution in [3.63, 3.8) is 0 Å². The van der Waals surface area contributed by atoms with Crippen molar-refractivity contribution >= 4 is 5.91 Å². The van der Waals surface area contributed by atoms with E-state index in [0.717, 1.165) is 39.0 Å². The highest BCUT2D eigenvalue weighted by molar-refractivity contribution is 5.85. The fourth-order valence-corrected chi connectivity index (χ4v) is 2.43. The molecule has 5 nitrogen and oxygen atoms in total. The van der Waals surface area contributed by atoms with Crippen LogP contribution in [0.25, 0.3) is 0 Å². The average molecular weight is 255 g/mol. The molecule has 1 heterocycles. The van der Waals surface area contributed by atoms with E-state index in [2.05, 4.69) is 15.5 Å². The summed E-state index contributed by atoms with van der Waals surface area (Å²) in [6.45, 7) is 7.95. The van der Waals surface area contributed by atoms with Gasteiger partial charge in [-0.05, 0) is 32.6 Å². The van der Waals surface area contributed by atoms with E-state index in [9.17, 15) is 9.90 Å². The first-order chi connectivity index (χ1) is 8.51. The molecular formula is C13H25N3O2. The first kappa shape index (κ1) is 13.8. The number of hydrogen-bond donors (Lipinski definition) is 3. The van der Waals surface area contributed by atoms with Gasteiger partial charge in [0.15, 0.2) is 0 Å². The van der Waals surface area contributed by atoms with Crippen LogP contribution in [0.1, 0.15) is 26.7 Å². The van der Waals surface area contributed by atoms with Crippen LogP contribution < -0.4 is 10.6 Å². The Kier molecular flexibility index (Phi) is 4.25. The van der Waals surface area contributed by atoms with Gasteiger partial charge < -0.3 is 15.7 Å². The number of hydrogen-bond acceptors (Lipinski definition) is 4. The largest absolute Gasteiger partial charge is 0.391 e. The van der Waals surface area contributed by atoms with E-state index >= 15 is 0 Å². The van der Waals surface area contributed by atoms with E-state index in [1.54, 1.807) is 0 Å². The zero-order valence-corrected chi connectivity index (χ0v) is 11.4. The summed E-state index contributed by atoms with van der Waals surface area (Å²) >= 11 is 0. The molecule has 0 bridgehead atoms. The Labute approximate surface area is 109 Å². The molecule has 2 rings (SSSR count). The van der Waals surface area contributed by atoms with Crippen LogP contribution in [-0.2, 0) is 4.79 Å². The fraction of sp³-hybridized carbons (Fsp3) is 0.923. The van der Waals surface area contributed by atoms with Gasteiger partial charge in [0.1, 0.15) is 0 Å². The van der Waals surface area contributed by atoms with Crippen LogP contribution in [0.3, 0.4) is 0 Å². The summed E-state index contributed by atoms with van der Waals surface area (Å²) in [5.41, 5.74) is -0.495. The summed E-state index contributed by atoms with van der Waals surface area (Å²) in [5.74, 6) is 0.427. The molecule has 1 aliphatic heterocycles. The molecule has 5 heteroatoms. The van der Waals surface area contributed by atoms with Gasteiger partial charge in [0.05, 0.1) is 11.6 Å². The molecule has 104 valence electrons. The van der Waals surface area contributed by atoms with Crippen molar-refractivity contribution in [2.45, 2.75) is 38.3 Å². The summed E-state index contributed by atoms with van der Waals surface area (Å²) < 4.78 is 0. The Hall–Kier alpha value is -0.650. The van der Waals surface area contributed by atoms with Gasteiger partial charge >= 0.3 is 0 Å². The smallest absolute Gasteiger partial charge is 0.240 e. The number of aliphatic hydroxyl groups excluding tert-OH is 1. The van der Waals surface area contributed by atoms with Gasteiger partial charge in [-0.3, -0.25) is 9.69 Å². The van der Waals surface area contributed by atoms with E-state index in [-0.39, 0.29) is 12.0 Å². The van der Waals surface area contributed by atoms with Gasteiger partial charge in [-0.25, -0.2) is 0 Å². The molecule has 1 aliphatic carbocycles. The van der Waals surface area contributed by atoms with Gasteiger partial charge in [-0.1, -0.05) is 0 Å². The molecule has 0 aromatic carbocycles. The number of amides is 1. The lowest BCUT2D eigenvalue weighted by Crippen LogP contribution is -2.60. The number of carbonyl (C=O) groups excluding carboxylic acids is 1. The SMILES string of the molecule is CC(C)(C(=O)NCC(O)C1CC1)N1CCNCC1. The van der Waals surface area contributed by atoms with Crippen molar-refractivity contribution in [1.82, 2.24) is 15.5 Å². The van der Waals surface area contributed by atoms with Gasteiger partial charge in [-0.2, -0.15) is 0 Å². The van der Waals surface area contributed by atoms with Crippen LogP contribution in [0, 0.1) is 5.92 Å². The average Bonchev–Trinajstić information content (AvgIpc) is 3.20.